The fraction of sp³-hybridized carbons (Fsp3) is 0.357. The molecule has 1 fully saturated rings. The summed E-state index contributed by atoms with van der Waals surface area (Å²) in [6, 6.07) is 7.97. The zero-order chi connectivity index (χ0) is 14.7. The Hall–Kier alpha value is -2.37. The molecule has 2 atom stereocenters. The summed E-state index contributed by atoms with van der Waals surface area (Å²) in [5.41, 5.74) is 0.925. The number of Topliss-reactive ketones (excluding diaryl/α,β-unsaturated/α-hetero) is 1. The molecule has 1 aromatic rings. The predicted octanol–water partition coefficient (Wildman–Crippen LogP) is 0.665. The molecule has 0 bridgehead atoms. The minimum atomic E-state index is -1.15. The molecule has 0 saturated carbocycles. The summed E-state index contributed by atoms with van der Waals surface area (Å²) in [5, 5.41) is 11.7. The molecule has 6 nitrogen and oxygen atoms in total. The van der Waals surface area contributed by atoms with Crippen LogP contribution in [-0.2, 0) is 16.0 Å². The lowest BCUT2D eigenvalue weighted by atomic mass is 9.99. The fourth-order valence-corrected chi connectivity index (χ4v) is 2.47. The topological polar surface area (TPSA) is 86.7 Å². The van der Waals surface area contributed by atoms with Crippen molar-refractivity contribution in [1.29, 1.82) is 0 Å². The summed E-state index contributed by atoms with van der Waals surface area (Å²) < 4.78 is 0. The minimum Gasteiger partial charge on any atom is -0.465 e. The second-order valence-electron chi connectivity index (χ2n) is 4.81. The number of carbonyl (C=O) groups excluding carboxylic acids is 2. The smallest absolute Gasteiger partial charge is 0.408 e. The van der Waals surface area contributed by atoms with Crippen LogP contribution in [0.15, 0.2) is 30.3 Å². The van der Waals surface area contributed by atoms with Crippen LogP contribution < -0.4 is 5.32 Å². The Morgan fingerprint density at radius 3 is 2.55 bits per heavy atom. The summed E-state index contributed by atoms with van der Waals surface area (Å²) in [6.07, 6.45) is -0.753. The van der Waals surface area contributed by atoms with E-state index in [9.17, 15) is 19.5 Å². The van der Waals surface area contributed by atoms with E-state index in [1.54, 1.807) is 0 Å². The summed E-state index contributed by atoms with van der Waals surface area (Å²) in [5.74, 6) is -0.614. The van der Waals surface area contributed by atoms with E-state index in [1.165, 1.54) is 6.92 Å². The third-order valence-corrected chi connectivity index (χ3v) is 3.35. The Morgan fingerprint density at radius 2 is 2.00 bits per heavy atom. The lowest BCUT2D eigenvalue weighted by molar-refractivity contribution is -0.125. The van der Waals surface area contributed by atoms with Crippen LogP contribution in [-0.4, -0.2) is 46.4 Å². The van der Waals surface area contributed by atoms with Crippen LogP contribution in [0.4, 0.5) is 4.79 Å². The molecular weight excluding hydrogens is 260 g/mol. The number of amides is 2. The first-order chi connectivity index (χ1) is 9.49. The van der Waals surface area contributed by atoms with Crippen molar-refractivity contribution in [3.8, 4) is 0 Å². The molecule has 6 heteroatoms. The summed E-state index contributed by atoms with van der Waals surface area (Å²) >= 11 is 0. The molecular formula is C14H16N2O4. The van der Waals surface area contributed by atoms with Gasteiger partial charge in [0.15, 0.2) is 5.78 Å². The molecule has 20 heavy (non-hydrogen) atoms. The zero-order valence-electron chi connectivity index (χ0n) is 11.1. The highest BCUT2D eigenvalue weighted by atomic mass is 16.4. The molecule has 2 amide bonds. The third kappa shape index (κ3) is 2.96. The maximum absolute atomic E-state index is 11.9. The van der Waals surface area contributed by atoms with E-state index >= 15 is 0 Å². The van der Waals surface area contributed by atoms with Gasteiger partial charge < -0.3 is 10.4 Å². The van der Waals surface area contributed by atoms with Crippen LogP contribution in [0.2, 0.25) is 0 Å². The van der Waals surface area contributed by atoms with Crippen molar-refractivity contribution in [3.63, 3.8) is 0 Å². The van der Waals surface area contributed by atoms with E-state index in [1.807, 2.05) is 30.3 Å². The van der Waals surface area contributed by atoms with Gasteiger partial charge in [-0.1, -0.05) is 30.3 Å². The number of rotatable bonds is 3. The fourth-order valence-electron chi connectivity index (χ4n) is 2.47. The van der Waals surface area contributed by atoms with Gasteiger partial charge in [-0.3, -0.25) is 14.5 Å². The average Bonchev–Trinajstić information content (AvgIpc) is 2.68. The monoisotopic (exact) mass is 276 g/mol. The number of likely N-dealkylation sites (tertiary alicyclic amines) is 1. The van der Waals surface area contributed by atoms with Gasteiger partial charge in [0.2, 0.25) is 5.91 Å². The summed E-state index contributed by atoms with van der Waals surface area (Å²) in [4.78, 5) is 35.4. The Morgan fingerprint density at radius 1 is 1.35 bits per heavy atom. The second kappa shape index (κ2) is 5.73. The highest BCUT2D eigenvalue weighted by molar-refractivity contribution is 5.95. The number of nitrogens with zero attached hydrogens (tertiary/aromatic N) is 1. The van der Waals surface area contributed by atoms with Gasteiger partial charge >= 0.3 is 6.09 Å². The second-order valence-corrected chi connectivity index (χ2v) is 4.81. The van der Waals surface area contributed by atoms with Gasteiger partial charge in [0.25, 0.3) is 0 Å². The van der Waals surface area contributed by atoms with Gasteiger partial charge in [0, 0.05) is 6.92 Å². The molecule has 0 radical (unpaired) electrons. The number of ketones is 1. The molecule has 0 aliphatic carbocycles. The lowest BCUT2D eigenvalue weighted by Gasteiger charge is -2.25. The number of hydrogen-bond donors (Lipinski definition) is 2. The van der Waals surface area contributed by atoms with Crippen molar-refractivity contribution in [2.24, 2.45) is 0 Å². The predicted molar refractivity (Wildman–Crippen MR) is 71.3 cm³/mol. The van der Waals surface area contributed by atoms with E-state index in [0.717, 1.165) is 10.5 Å². The van der Waals surface area contributed by atoms with E-state index in [-0.39, 0.29) is 18.2 Å². The average molecular weight is 276 g/mol. The number of nitrogens with one attached hydrogen (secondary N) is 1. The van der Waals surface area contributed by atoms with Crippen LogP contribution in [0.3, 0.4) is 0 Å². The largest absolute Gasteiger partial charge is 0.465 e. The van der Waals surface area contributed by atoms with Gasteiger partial charge in [0.05, 0.1) is 12.6 Å². The Labute approximate surface area is 116 Å². The molecule has 1 heterocycles. The van der Waals surface area contributed by atoms with Crippen molar-refractivity contribution in [3.05, 3.63) is 35.9 Å². The Balaban J connectivity index is 2.24. The maximum Gasteiger partial charge on any atom is 0.408 e. The first kappa shape index (κ1) is 14.0. The normalized spacial score (nSPS) is 21.9. The number of benzene rings is 1. The summed E-state index contributed by atoms with van der Waals surface area (Å²) in [6.45, 7) is 1.13. The molecule has 106 valence electrons. The van der Waals surface area contributed by atoms with E-state index in [2.05, 4.69) is 5.32 Å². The SMILES string of the molecule is CC(=O)NC1C(=O)CN(C(=O)O)C1Cc1ccccc1. The van der Waals surface area contributed by atoms with E-state index in [0.29, 0.717) is 6.42 Å². The van der Waals surface area contributed by atoms with Crippen molar-refractivity contribution in [2.75, 3.05) is 6.54 Å². The van der Waals surface area contributed by atoms with Gasteiger partial charge in [-0.2, -0.15) is 0 Å². The number of carbonyl (C=O) groups is 3. The highest BCUT2D eigenvalue weighted by Crippen LogP contribution is 2.20. The summed E-state index contributed by atoms with van der Waals surface area (Å²) in [7, 11) is 0. The molecule has 1 aliphatic heterocycles. The molecule has 1 saturated heterocycles. The lowest BCUT2D eigenvalue weighted by Crippen LogP contribution is -2.48. The standard InChI is InChI=1S/C14H16N2O4/c1-9(17)15-13-11(7-10-5-3-2-4-6-10)16(14(19)20)8-12(13)18/h2-6,11,13H,7-8H2,1H3,(H,15,17)(H,19,20). The first-order valence-electron chi connectivity index (χ1n) is 6.32. The van der Waals surface area contributed by atoms with E-state index < -0.39 is 18.2 Å². The molecule has 2 N–H and O–H groups in total. The van der Waals surface area contributed by atoms with Crippen LogP contribution >= 0.6 is 0 Å². The zero-order valence-corrected chi connectivity index (χ0v) is 11.1. The van der Waals surface area contributed by atoms with Crippen molar-refractivity contribution in [2.45, 2.75) is 25.4 Å². The third-order valence-electron chi connectivity index (χ3n) is 3.35. The van der Waals surface area contributed by atoms with Gasteiger partial charge in [-0.15, -0.1) is 0 Å². The van der Waals surface area contributed by atoms with Crippen LogP contribution in [0, 0.1) is 0 Å². The molecule has 1 aromatic carbocycles. The van der Waals surface area contributed by atoms with Crippen LogP contribution in [0.1, 0.15) is 12.5 Å². The minimum absolute atomic E-state index is 0.183. The Kier molecular flexibility index (Phi) is 4.02. The van der Waals surface area contributed by atoms with E-state index in [4.69, 9.17) is 0 Å². The van der Waals surface area contributed by atoms with Gasteiger partial charge in [-0.05, 0) is 12.0 Å². The van der Waals surface area contributed by atoms with Crippen LogP contribution in [0.25, 0.3) is 0 Å². The maximum atomic E-state index is 11.9. The molecule has 0 spiro atoms. The molecule has 2 rings (SSSR count). The van der Waals surface area contributed by atoms with Crippen LogP contribution in [0.5, 0.6) is 0 Å². The quantitative estimate of drug-likeness (QED) is 0.849. The number of carboxylic acid groups (broad SMARTS) is 1. The molecule has 0 aromatic heterocycles. The highest BCUT2D eigenvalue weighted by Gasteiger charge is 2.43. The van der Waals surface area contributed by atoms with Crippen molar-refractivity contribution >= 4 is 17.8 Å². The van der Waals surface area contributed by atoms with Crippen molar-refractivity contribution < 1.29 is 19.5 Å². The van der Waals surface area contributed by atoms with Crippen molar-refractivity contribution in [1.82, 2.24) is 10.2 Å². The Bertz CT molecular complexity index is 529. The molecule has 1 aliphatic rings. The number of hydrogen-bond acceptors (Lipinski definition) is 3. The molecule has 2 unspecified atom stereocenters. The first-order valence-corrected chi connectivity index (χ1v) is 6.32. The van der Waals surface area contributed by atoms with Gasteiger partial charge in [0.1, 0.15) is 6.04 Å². The van der Waals surface area contributed by atoms with Gasteiger partial charge in [-0.25, -0.2) is 4.79 Å².